The predicted octanol–water partition coefficient (Wildman–Crippen LogP) is 1.73. The lowest BCUT2D eigenvalue weighted by Crippen LogP contribution is -2.41. The normalized spacial score (nSPS) is 23.8. The molecule has 1 aliphatic carbocycles. The van der Waals surface area contributed by atoms with Gasteiger partial charge < -0.3 is 14.7 Å². The van der Waals surface area contributed by atoms with Crippen LogP contribution in [-0.4, -0.2) is 47.6 Å². The molecule has 0 aromatic carbocycles. The first-order valence-corrected chi connectivity index (χ1v) is 8.51. The summed E-state index contributed by atoms with van der Waals surface area (Å²) in [5, 5.41) is 7.05. The van der Waals surface area contributed by atoms with Gasteiger partial charge in [0.05, 0.1) is 5.92 Å². The molecular weight excluding hydrogens is 280 g/mol. The van der Waals surface area contributed by atoms with Crippen molar-refractivity contribution >= 4 is 5.91 Å². The largest absolute Gasteiger partial charge is 0.355 e. The van der Waals surface area contributed by atoms with Gasteiger partial charge in [-0.25, -0.2) is 0 Å². The minimum atomic E-state index is 0.123. The number of carbonyl (C=O) groups excluding carboxylic acids is 1. The van der Waals surface area contributed by atoms with Crippen molar-refractivity contribution in [2.24, 2.45) is 5.92 Å². The number of likely N-dealkylation sites (tertiary alicyclic amines) is 1. The summed E-state index contributed by atoms with van der Waals surface area (Å²) in [7, 11) is 2.07. The lowest BCUT2D eigenvalue weighted by molar-refractivity contribution is -0.126. The minimum absolute atomic E-state index is 0.123. The Morgan fingerprint density at radius 2 is 2.14 bits per heavy atom. The number of aromatic nitrogens is 2. The van der Waals surface area contributed by atoms with Gasteiger partial charge >= 0.3 is 0 Å². The monoisotopic (exact) mass is 306 g/mol. The van der Waals surface area contributed by atoms with Crippen LogP contribution in [-0.2, 0) is 11.2 Å². The molecule has 1 saturated heterocycles. The molecule has 22 heavy (non-hydrogen) atoms. The second-order valence-electron chi connectivity index (χ2n) is 6.67. The Balaban J connectivity index is 1.41. The van der Waals surface area contributed by atoms with Crippen LogP contribution >= 0.6 is 0 Å². The Kier molecular flexibility index (Phi) is 5.08. The average Bonchev–Trinajstić information content (AvgIpc) is 3.18. The molecule has 6 nitrogen and oxygen atoms in total. The topological polar surface area (TPSA) is 71.3 Å². The number of hydrogen-bond acceptors (Lipinski definition) is 5. The Labute approximate surface area is 131 Å². The molecule has 3 rings (SSSR count). The molecule has 122 valence electrons. The highest BCUT2D eigenvalue weighted by Gasteiger charge is 2.24. The highest BCUT2D eigenvalue weighted by atomic mass is 16.5. The summed E-state index contributed by atoms with van der Waals surface area (Å²) in [4.78, 5) is 18.8. The van der Waals surface area contributed by atoms with Crippen molar-refractivity contribution in [2.75, 3.05) is 26.7 Å². The molecule has 2 aliphatic rings. The standard InChI is InChI=1S/C16H26N4O2/c1-20-10-4-7-13(11-20)15(21)17-9-8-14-18-16(22-19-14)12-5-2-3-6-12/h12-13H,2-11H2,1H3,(H,17,21). The molecule has 2 fully saturated rings. The Hall–Kier alpha value is -1.43. The zero-order valence-electron chi connectivity index (χ0n) is 13.4. The van der Waals surface area contributed by atoms with Crippen LogP contribution in [0.5, 0.6) is 0 Å². The second-order valence-corrected chi connectivity index (χ2v) is 6.67. The highest BCUT2D eigenvalue weighted by molar-refractivity contribution is 5.78. The van der Waals surface area contributed by atoms with Crippen molar-refractivity contribution in [3.8, 4) is 0 Å². The maximum absolute atomic E-state index is 12.1. The summed E-state index contributed by atoms with van der Waals surface area (Å²) in [5.74, 6) is 2.23. The molecule has 6 heteroatoms. The van der Waals surface area contributed by atoms with E-state index in [1.165, 1.54) is 12.8 Å². The smallest absolute Gasteiger partial charge is 0.229 e. The first kappa shape index (κ1) is 15.5. The molecular formula is C16H26N4O2. The van der Waals surface area contributed by atoms with Crippen LogP contribution in [0.4, 0.5) is 0 Å². The van der Waals surface area contributed by atoms with E-state index >= 15 is 0 Å². The molecule has 0 bridgehead atoms. The molecule has 1 aromatic rings. The summed E-state index contributed by atoms with van der Waals surface area (Å²) in [6, 6.07) is 0. The van der Waals surface area contributed by atoms with E-state index < -0.39 is 0 Å². The van der Waals surface area contributed by atoms with Crippen molar-refractivity contribution in [1.82, 2.24) is 20.4 Å². The fourth-order valence-electron chi connectivity index (χ4n) is 3.53. The molecule has 1 aromatic heterocycles. The van der Waals surface area contributed by atoms with E-state index in [9.17, 15) is 4.79 Å². The molecule has 1 amide bonds. The number of amides is 1. The number of hydrogen-bond donors (Lipinski definition) is 1. The van der Waals surface area contributed by atoms with Gasteiger partial charge in [0.2, 0.25) is 11.8 Å². The third-order valence-corrected chi connectivity index (χ3v) is 4.83. The maximum Gasteiger partial charge on any atom is 0.229 e. The average molecular weight is 306 g/mol. The highest BCUT2D eigenvalue weighted by Crippen LogP contribution is 2.32. The van der Waals surface area contributed by atoms with Crippen molar-refractivity contribution in [2.45, 2.75) is 50.9 Å². The van der Waals surface area contributed by atoms with E-state index in [4.69, 9.17) is 4.52 Å². The van der Waals surface area contributed by atoms with Gasteiger partial charge in [0.15, 0.2) is 5.82 Å². The van der Waals surface area contributed by atoms with Crippen molar-refractivity contribution in [1.29, 1.82) is 0 Å². The van der Waals surface area contributed by atoms with Crippen LogP contribution in [0.25, 0.3) is 0 Å². The number of nitrogens with zero attached hydrogens (tertiary/aromatic N) is 3. The van der Waals surface area contributed by atoms with Gasteiger partial charge in [-0.1, -0.05) is 18.0 Å². The van der Waals surface area contributed by atoms with E-state index in [1.54, 1.807) is 0 Å². The van der Waals surface area contributed by atoms with Crippen LogP contribution in [0.15, 0.2) is 4.52 Å². The molecule has 1 saturated carbocycles. The van der Waals surface area contributed by atoms with E-state index in [0.29, 0.717) is 24.7 Å². The lowest BCUT2D eigenvalue weighted by Gasteiger charge is -2.28. The van der Waals surface area contributed by atoms with Crippen LogP contribution in [0.1, 0.15) is 56.2 Å². The molecule has 1 aliphatic heterocycles. The van der Waals surface area contributed by atoms with Crippen LogP contribution in [0.2, 0.25) is 0 Å². The molecule has 1 N–H and O–H groups in total. The summed E-state index contributed by atoms with van der Waals surface area (Å²) in [6.07, 6.45) is 7.57. The first-order valence-electron chi connectivity index (χ1n) is 8.51. The van der Waals surface area contributed by atoms with Gasteiger partial charge in [-0.05, 0) is 39.3 Å². The third-order valence-electron chi connectivity index (χ3n) is 4.83. The number of piperidine rings is 1. The van der Waals surface area contributed by atoms with Crippen LogP contribution < -0.4 is 5.32 Å². The van der Waals surface area contributed by atoms with E-state index in [2.05, 4.69) is 27.4 Å². The first-order chi connectivity index (χ1) is 10.7. The lowest BCUT2D eigenvalue weighted by atomic mass is 9.97. The second kappa shape index (κ2) is 7.22. The van der Waals surface area contributed by atoms with E-state index in [0.717, 1.165) is 44.7 Å². The Morgan fingerprint density at radius 1 is 1.32 bits per heavy atom. The third kappa shape index (κ3) is 3.85. The fourth-order valence-corrected chi connectivity index (χ4v) is 3.53. The quantitative estimate of drug-likeness (QED) is 0.897. The zero-order chi connectivity index (χ0) is 15.4. The molecule has 0 spiro atoms. The summed E-state index contributed by atoms with van der Waals surface area (Å²) in [5.41, 5.74) is 0. The summed E-state index contributed by atoms with van der Waals surface area (Å²) < 4.78 is 5.36. The van der Waals surface area contributed by atoms with E-state index in [-0.39, 0.29) is 11.8 Å². The molecule has 1 unspecified atom stereocenters. The van der Waals surface area contributed by atoms with Crippen molar-refractivity contribution in [3.63, 3.8) is 0 Å². The molecule has 2 heterocycles. The number of rotatable bonds is 5. The predicted molar refractivity (Wildman–Crippen MR) is 82.4 cm³/mol. The zero-order valence-corrected chi connectivity index (χ0v) is 13.4. The van der Waals surface area contributed by atoms with Gasteiger partial charge in [0.1, 0.15) is 0 Å². The Morgan fingerprint density at radius 3 is 2.91 bits per heavy atom. The minimum Gasteiger partial charge on any atom is -0.355 e. The summed E-state index contributed by atoms with van der Waals surface area (Å²) in [6.45, 7) is 2.54. The number of nitrogens with one attached hydrogen (secondary N) is 1. The van der Waals surface area contributed by atoms with E-state index in [1.807, 2.05) is 0 Å². The van der Waals surface area contributed by atoms with Crippen molar-refractivity contribution < 1.29 is 9.32 Å². The van der Waals surface area contributed by atoms with Gasteiger partial charge in [-0.2, -0.15) is 4.98 Å². The van der Waals surface area contributed by atoms with Crippen LogP contribution in [0, 0.1) is 5.92 Å². The van der Waals surface area contributed by atoms with Crippen molar-refractivity contribution in [3.05, 3.63) is 11.7 Å². The molecule has 1 atom stereocenters. The van der Waals surface area contributed by atoms with Crippen LogP contribution in [0.3, 0.4) is 0 Å². The van der Waals surface area contributed by atoms with Gasteiger partial charge in [0.25, 0.3) is 0 Å². The Bertz CT molecular complexity index is 496. The SMILES string of the molecule is CN1CCCC(C(=O)NCCc2noc(C3CCCC3)n2)C1. The van der Waals surface area contributed by atoms with Gasteiger partial charge in [-0.15, -0.1) is 0 Å². The van der Waals surface area contributed by atoms with Gasteiger partial charge in [-0.3, -0.25) is 4.79 Å². The fraction of sp³-hybridized carbons (Fsp3) is 0.812. The van der Waals surface area contributed by atoms with Gasteiger partial charge in [0, 0.05) is 25.4 Å². The molecule has 0 radical (unpaired) electrons. The maximum atomic E-state index is 12.1. The summed E-state index contributed by atoms with van der Waals surface area (Å²) >= 11 is 0. The number of carbonyl (C=O) groups is 1.